The van der Waals surface area contributed by atoms with E-state index in [1.54, 1.807) is 19.3 Å². The molecular weight excluding hydrogens is 390 g/mol. The molecule has 31 heavy (non-hydrogen) atoms. The average molecular weight is 420 g/mol. The van der Waals surface area contributed by atoms with Crippen LogP contribution in [0.2, 0.25) is 0 Å². The predicted molar refractivity (Wildman–Crippen MR) is 122 cm³/mol. The lowest BCUT2D eigenvalue weighted by Crippen LogP contribution is -2.46. The van der Waals surface area contributed by atoms with Gasteiger partial charge >= 0.3 is 0 Å². The molecule has 0 unspecified atom stereocenters. The first kappa shape index (κ1) is 21.2. The molecule has 0 aliphatic carbocycles. The van der Waals surface area contributed by atoms with Crippen LogP contribution in [0.1, 0.15) is 41.4 Å². The maximum atomic E-state index is 12.3. The summed E-state index contributed by atoms with van der Waals surface area (Å²) in [6.45, 7) is 6.67. The van der Waals surface area contributed by atoms with Gasteiger partial charge in [0.2, 0.25) is 0 Å². The number of rotatable bonds is 6. The molecule has 1 N–H and O–H groups in total. The topological polar surface area (TPSA) is 77.9 Å². The Morgan fingerprint density at radius 3 is 2.61 bits per heavy atom. The number of benzene rings is 1. The van der Waals surface area contributed by atoms with Gasteiger partial charge in [0.15, 0.2) is 5.78 Å². The number of carbonyl (C=O) groups excluding carboxylic acids is 2. The van der Waals surface area contributed by atoms with Gasteiger partial charge in [0.1, 0.15) is 5.69 Å². The SMILES string of the molecule is CCCC1=Nc2ccc(CN3CCN(c4ccc(C(=O)NC)nc4)CC3)cc2CC1=O. The Balaban J connectivity index is 1.35. The van der Waals surface area contributed by atoms with Crippen LogP contribution < -0.4 is 10.2 Å². The Morgan fingerprint density at radius 2 is 1.94 bits per heavy atom. The van der Waals surface area contributed by atoms with Gasteiger partial charge in [-0.15, -0.1) is 0 Å². The Labute approximate surface area is 183 Å². The van der Waals surface area contributed by atoms with Crippen LogP contribution in [0.25, 0.3) is 0 Å². The van der Waals surface area contributed by atoms with E-state index in [9.17, 15) is 9.59 Å². The molecule has 4 rings (SSSR count). The molecule has 0 atom stereocenters. The highest BCUT2D eigenvalue weighted by Crippen LogP contribution is 2.27. The summed E-state index contributed by atoms with van der Waals surface area (Å²) in [5.74, 6) is -0.00782. The van der Waals surface area contributed by atoms with Gasteiger partial charge in [0.25, 0.3) is 5.91 Å². The largest absolute Gasteiger partial charge is 0.368 e. The van der Waals surface area contributed by atoms with Crippen molar-refractivity contribution < 1.29 is 9.59 Å². The van der Waals surface area contributed by atoms with Crippen LogP contribution in [-0.4, -0.2) is 60.5 Å². The molecule has 1 amide bonds. The van der Waals surface area contributed by atoms with Gasteiger partial charge in [0, 0.05) is 46.2 Å². The fourth-order valence-electron chi connectivity index (χ4n) is 4.16. The quantitative estimate of drug-likeness (QED) is 0.779. The summed E-state index contributed by atoms with van der Waals surface area (Å²) in [5.41, 5.74) is 5.41. The van der Waals surface area contributed by atoms with Crippen molar-refractivity contribution in [3.63, 3.8) is 0 Å². The second-order valence-corrected chi connectivity index (χ2v) is 8.12. The second-order valence-electron chi connectivity index (χ2n) is 8.12. The minimum absolute atomic E-state index is 0.163. The highest BCUT2D eigenvalue weighted by Gasteiger charge is 2.21. The highest BCUT2D eigenvalue weighted by atomic mass is 16.1. The van der Waals surface area contributed by atoms with Crippen molar-refractivity contribution in [3.05, 3.63) is 53.3 Å². The molecule has 2 aromatic rings. The number of nitrogens with one attached hydrogen (secondary N) is 1. The summed E-state index contributed by atoms with van der Waals surface area (Å²) < 4.78 is 0. The van der Waals surface area contributed by atoms with Crippen molar-refractivity contribution in [2.24, 2.45) is 4.99 Å². The van der Waals surface area contributed by atoms with Crippen molar-refractivity contribution in [3.8, 4) is 0 Å². The minimum Gasteiger partial charge on any atom is -0.368 e. The third-order valence-electron chi connectivity index (χ3n) is 5.91. The zero-order valence-electron chi connectivity index (χ0n) is 18.2. The number of Topliss-reactive ketones (excluding diaryl/α,β-unsaturated/α-hetero) is 1. The van der Waals surface area contributed by atoms with E-state index < -0.39 is 0 Å². The lowest BCUT2D eigenvalue weighted by Gasteiger charge is -2.36. The summed E-state index contributed by atoms with van der Waals surface area (Å²) in [5, 5.41) is 2.59. The van der Waals surface area contributed by atoms with Crippen molar-refractivity contribution in [2.45, 2.75) is 32.7 Å². The van der Waals surface area contributed by atoms with Crippen molar-refractivity contribution in [1.29, 1.82) is 0 Å². The summed E-state index contributed by atoms with van der Waals surface area (Å²) in [7, 11) is 1.61. The summed E-state index contributed by atoms with van der Waals surface area (Å²) in [4.78, 5) is 37.6. The van der Waals surface area contributed by atoms with Gasteiger partial charge in [-0.3, -0.25) is 14.5 Å². The fraction of sp³-hybridized carbons (Fsp3) is 0.417. The van der Waals surface area contributed by atoms with E-state index in [2.05, 4.69) is 50.2 Å². The van der Waals surface area contributed by atoms with E-state index in [0.29, 0.717) is 12.1 Å². The minimum atomic E-state index is -0.171. The van der Waals surface area contributed by atoms with Gasteiger partial charge in [-0.05, 0) is 35.7 Å². The molecular formula is C24H29N5O2. The van der Waals surface area contributed by atoms with Gasteiger partial charge in [0.05, 0.1) is 23.3 Å². The number of hydrogen-bond donors (Lipinski definition) is 1. The number of aromatic nitrogens is 1. The number of hydrogen-bond acceptors (Lipinski definition) is 6. The highest BCUT2D eigenvalue weighted by molar-refractivity contribution is 6.41. The zero-order chi connectivity index (χ0) is 21.8. The first-order chi connectivity index (χ1) is 15.1. The van der Waals surface area contributed by atoms with Crippen molar-refractivity contribution in [1.82, 2.24) is 15.2 Å². The van der Waals surface area contributed by atoms with Crippen LogP contribution in [0.15, 0.2) is 41.5 Å². The van der Waals surface area contributed by atoms with Crippen LogP contribution >= 0.6 is 0 Å². The number of amides is 1. The predicted octanol–water partition coefficient (Wildman–Crippen LogP) is 2.76. The Hall–Kier alpha value is -3.06. The number of carbonyl (C=O) groups is 2. The zero-order valence-corrected chi connectivity index (χ0v) is 18.2. The molecule has 2 aliphatic heterocycles. The smallest absolute Gasteiger partial charge is 0.269 e. The van der Waals surface area contributed by atoms with Crippen LogP contribution in [-0.2, 0) is 17.8 Å². The van der Waals surface area contributed by atoms with Crippen molar-refractivity contribution >= 4 is 28.8 Å². The number of anilines is 1. The maximum Gasteiger partial charge on any atom is 0.269 e. The monoisotopic (exact) mass is 419 g/mol. The standard InChI is InChI=1S/C24H29N5O2/c1-3-4-21-23(30)14-18-13-17(5-7-20(18)27-21)16-28-9-11-29(12-10-28)19-6-8-22(26-15-19)24(31)25-2/h5-8,13,15H,3-4,9-12,14,16H2,1-2H3,(H,25,31). The Morgan fingerprint density at radius 1 is 1.13 bits per heavy atom. The molecule has 0 saturated carbocycles. The van der Waals surface area contributed by atoms with Crippen LogP contribution in [0.4, 0.5) is 11.4 Å². The van der Waals surface area contributed by atoms with Crippen LogP contribution in [0.3, 0.4) is 0 Å². The number of aliphatic imine (C=N–C) groups is 1. The molecule has 1 fully saturated rings. The number of ketones is 1. The average Bonchev–Trinajstić information content (AvgIpc) is 2.80. The van der Waals surface area contributed by atoms with E-state index in [4.69, 9.17) is 0 Å². The van der Waals surface area contributed by atoms with Crippen molar-refractivity contribution in [2.75, 3.05) is 38.1 Å². The molecule has 0 spiro atoms. The molecule has 1 aromatic heterocycles. The third-order valence-corrected chi connectivity index (χ3v) is 5.91. The molecule has 7 nitrogen and oxygen atoms in total. The third kappa shape index (κ3) is 4.82. The van der Waals surface area contributed by atoms with E-state index in [0.717, 1.165) is 68.2 Å². The molecule has 0 bridgehead atoms. The number of nitrogens with zero attached hydrogens (tertiary/aromatic N) is 4. The maximum absolute atomic E-state index is 12.3. The van der Waals surface area contributed by atoms with E-state index in [1.807, 2.05) is 6.07 Å². The fourth-order valence-corrected chi connectivity index (χ4v) is 4.16. The molecule has 7 heteroatoms. The van der Waals surface area contributed by atoms with E-state index in [1.165, 1.54) is 5.56 Å². The number of pyridine rings is 1. The molecule has 0 radical (unpaired) electrons. The summed E-state index contributed by atoms with van der Waals surface area (Å²) >= 11 is 0. The number of piperazine rings is 1. The molecule has 1 aromatic carbocycles. The van der Waals surface area contributed by atoms with E-state index in [-0.39, 0.29) is 11.7 Å². The molecule has 1 saturated heterocycles. The van der Waals surface area contributed by atoms with E-state index >= 15 is 0 Å². The lowest BCUT2D eigenvalue weighted by molar-refractivity contribution is -0.112. The van der Waals surface area contributed by atoms with Crippen LogP contribution in [0.5, 0.6) is 0 Å². The second kappa shape index (κ2) is 9.39. The number of fused-ring (bicyclic) bond motifs is 1. The first-order valence-corrected chi connectivity index (χ1v) is 11.0. The van der Waals surface area contributed by atoms with Gasteiger partial charge in [-0.25, -0.2) is 9.98 Å². The van der Waals surface area contributed by atoms with Gasteiger partial charge in [-0.2, -0.15) is 0 Å². The Kier molecular flexibility index (Phi) is 6.42. The molecule has 162 valence electrons. The Bertz CT molecular complexity index is 992. The summed E-state index contributed by atoms with van der Waals surface area (Å²) in [6, 6.07) is 10.1. The summed E-state index contributed by atoms with van der Waals surface area (Å²) in [6.07, 6.45) is 3.94. The van der Waals surface area contributed by atoms with Gasteiger partial charge < -0.3 is 10.2 Å². The molecule has 2 aliphatic rings. The van der Waals surface area contributed by atoms with Crippen LogP contribution in [0, 0.1) is 0 Å². The molecule has 3 heterocycles. The normalized spacial score (nSPS) is 16.6. The lowest BCUT2D eigenvalue weighted by atomic mass is 9.96. The first-order valence-electron chi connectivity index (χ1n) is 11.0. The van der Waals surface area contributed by atoms with Gasteiger partial charge in [-0.1, -0.05) is 25.5 Å².